The van der Waals surface area contributed by atoms with E-state index >= 15 is 0 Å². The quantitative estimate of drug-likeness (QED) is 0.194. The first-order valence-corrected chi connectivity index (χ1v) is 1.96. The van der Waals surface area contributed by atoms with Gasteiger partial charge in [0.1, 0.15) is 0 Å². The Morgan fingerprint density at radius 2 is 2.33 bits per heavy atom. The Bertz CT molecular complexity index is 121. The Morgan fingerprint density at radius 1 is 1.78 bits per heavy atom. The number of nitrogens with zero attached hydrogens (tertiary/aromatic N) is 3. The molecule has 0 heterocycles. The second kappa shape index (κ2) is 8.33. The van der Waals surface area contributed by atoms with E-state index in [2.05, 4.69) is 5.43 Å². The van der Waals surface area contributed by atoms with E-state index in [9.17, 15) is 10.1 Å². The summed E-state index contributed by atoms with van der Waals surface area (Å²) in [5.41, 5.74) is 2.81. The minimum absolute atomic E-state index is 0. The molecule has 0 aliphatic rings. The fraction of sp³-hybridized carbons (Fsp3) is 0.667. The average Bonchev–Trinajstić information content (AvgIpc) is 1.66. The molecule has 0 amide bonds. The molecule has 0 aliphatic heterocycles. The molecule has 0 unspecified atom stereocenters. The molecule has 0 aromatic heterocycles. The van der Waals surface area contributed by atoms with Crippen molar-refractivity contribution >= 4 is 0 Å². The zero-order valence-corrected chi connectivity index (χ0v) is 8.20. The van der Waals surface area contributed by atoms with Crippen LogP contribution in [0.3, 0.4) is 0 Å². The minimum atomic E-state index is -0.794. The third kappa shape index (κ3) is 11.7. The molecule has 0 bridgehead atoms. The van der Waals surface area contributed by atoms with Crippen LogP contribution in [0.4, 0.5) is 0 Å². The Kier molecular flexibility index (Phi) is 11.1. The molecule has 0 rings (SSSR count). The van der Waals surface area contributed by atoms with Crippen molar-refractivity contribution in [3.63, 3.8) is 0 Å². The van der Waals surface area contributed by atoms with E-state index in [1.807, 2.05) is 0 Å². The molecule has 9 heavy (non-hydrogen) atoms. The van der Waals surface area contributed by atoms with Gasteiger partial charge >= 0.3 is 51.4 Å². The molecule has 0 saturated heterocycles. The Hall–Kier alpha value is 0.326. The van der Waals surface area contributed by atoms with E-state index in [1.54, 1.807) is 6.07 Å². The van der Waals surface area contributed by atoms with Gasteiger partial charge in [-0.25, -0.2) is 0 Å². The van der Waals surface area contributed by atoms with Crippen LogP contribution in [0.1, 0.15) is 6.42 Å². The summed E-state index contributed by atoms with van der Waals surface area (Å²) >= 11 is 0. The molecular formula is C3H4KN3O2. The molecule has 0 aromatic carbocycles. The van der Waals surface area contributed by atoms with Gasteiger partial charge in [0.2, 0.25) is 0 Å². The summed E-state index contributed by atoms with van der Waals surface area (Å²) in [6.07, 6.45) is 0.112. The second-order valence-corrected chi connectivity index (χ2v) is 1.01. The molecule has 0 spiro atoms. The van der Waals surface area contributed by atoms with Crippen LogP contribution in [-0.2, 0) is 0 Å². The van der Waals surface area contributed by atoms with Crippen molar-refractivity contribution in [3.05, 3.63) is 15.5 Å². The molecule has 0 radical (unpaired) electrons. The van der Waals surface area contributed by atoms with E-state index in [0.29, 0.717) is 0 Å². The molecule has 44 valence electrons. The van der Waals surface area contributed by atoms with Crippen LogP contribution in [-0.4, -0.2) is 11.6 Å². The Labute approximate surface area is 95.0 Å². The third-order valence-electron chi connectivity index (χ3n) is 0.439. The van der Waals surface area contributed by atoms with E-state index in [-0.39, 0.29) is 64.4 Å². The fourth-order valence-corrected chi connectivity index (χ4v) is 0.182. The van der Waals surface area contributed by atoms with E-state index < -0.39 is 5.03 Å². The summed E-state index contributed by atoms with van der Waals surface area (Å²) < 4.78 is 0. The van der Waals surface area contributed by atoms with Gasteiger partial charge in [0.25, 0.3) is 0 Å². The van der Waals surface area contributed by atoms with E-state index in [1.165, 1.54) is 0 Å². The number of nitro groups is 1. The fourth-order valence-electron chi connectivity index (χ4n) is 0.182. The predicted molar refractivity (Wildman–Crippen MR) is 25.5 cm³/mol. The second-order valence-electron chi connectivity index (χ2n) is 1.01. The van der Waals surface area contributed by atoms with Crippen LogP contribution in [0.2, 0.25) is 0 Å². The van der Waals surface area contributed by atoms with Gasteiger partial charge < -0.3 is 5.43 Å². The van der Waals surface area contributed by atoms with Gasteiger partial charge in [-0.05, 0) is 5.03 Å². The van der Waals surface area contributed by atoms with Gasteiger partial charge in [-0.1, -0.05) is 6.54 Å². The van der Waals surface area contributed by atoms with Crippen molar-refractivity contribution in [3.8, 4) is 6.07 Å². The zero-order chi connectivity index (χ0) is 6.41. The molecular weight excluding hydrogens is 149 g/mol. The SMILES string of the molecule is N#CCC[N-][N+](=O)[O-].[K+]. The Balaban J connectivity index is 0. The van der Waals surface area contributed by atoms with E-state index in [4.69, 9.17) is 5.26 Å². The van der Waals surface area contributed by atoms with Gasteiger partial charge in [0, 0.05) is 6.42 Å². The number of rotatable bonds is 3. The predicted octanol–water partition coefficient (Wildman–Crippen LogP) is -2.53. The number of nitriles is 1. The van der Waals surface area contributed by atoms with E-state index in [0.717, 1.165) is 0 Å². The smallest absolute Gasteiger partial charge is 0.378 e. The number of hydrogen-bond donors (Lipinski definition) is 0. The molecule has 5 nitrogen and oxygen atoms in total. The monoisotopic (exact) mass is 153 g/mol. The first-order chi connectivity index (χ1) is 3.77. The molecule has 0 aromatic rings. The van der Waals surface area contributed by atoms with Crippen molar-refractivity contribution in [1.29, 1.82) is 5.26 Å². The van der Waals surface area contributed by atoms with Gasteiger partial charge in [0.05, 0.1) is 6.07 Å². The van der Waals surface area contributed by atoms with Crippen LogP contribution in [0.25, 0.3) is 5.43 Å². The largest absolute Gasteiger partial charge is 1.00 e. The topological polar surface area (TPSA) is 81.0 Å². The maximum absolute atomic E-state index is 9.40. The van der Waals surface area contributed by atoms with Crippen LogP contribution in [0.15, 0.2) is 0 Å². The maximum atomic E-state index is 9.40. The first-order valence-electron chi connectivity index (χ1n) is 1.96. The van der Waals surface area contributed by atoms with Gasteiger partial charge in [-0.2, -0.15) is 5.26 Å². The summed E-state index contributed by atoms with van der Waals surface area (Å²) in [7, 11) is 0. The molecule has 0 atom stereocenters. The number of hydrogen-bond acceptors (Lipinski definition) is 3. The van der Waals surface area contributed by atoms with Crippen molar-refractivity contribution in [1.82, 2.24) is 0 Å². The van der Waals surface area contributed by atoms with Crippen LogP contribution < -0.4 is 51.4 Å². The van der Waals surface area contributed by atoms with Gasteiger partial charge in [-0.3, -0.25) is 10.1 Å². The minimum Gasteiger partial charge on any atom is -0.378 e. The Morgan fingerprint density at radius 3 is 2.67 bits per heavy atom. The maximum Gasteiger partial charge on any atom is 1.00 e. The molecule has 0 fully saturated rings. The van der Waals surface area contributed by atoms with Gasteiger partial charge in [0.15, 0.2) is 0 Å². The summed E-state index contributed by atoms with van der Waals surface area (Å²) in [6, 6.07) is 1.72. The molecule has 0 saturated carbocycles. The summed E-state index contributed by atoms with van der Waals surface area (Å²) in [6.45, 7) is -0.0104. The first kappa shape index (κ1) is 12.0. The average molecular weight is 153 g/mol. The zero-order valence-electron chi connectivity index (χ0n) is 5.07. The van der Waals surface area contributed by atoms with Gasteiger partial charge in [-0.15, -0.1) is 0 Å². The van der Waals surface area contributed by atoms with Crippen LogP contribution >= 0.6 is 0 Å². The molecule has 6 heteroatoms. The van der Waals surface area contributed by atoms with Crippen molar-refractivity contribution in [2.24, 2.45) is 0 Å². The van der Waals surface area contributed by atoms with Crippen molar-refractivity contribution in [2.45, 2.75) is 6.42 Å². The summed E-state index contributed by atoms with van der Waals surface area (Å²) in [5.74, 6) is 0. The normalized spacial score (nSPS) is 6.56. The van der Waals surface area contributed by atoms with Crippen LogP contribution in [0, 0.1) is 21.4 Å². The molecule has 0 aliphatic carbocycles. The van der Waals surface area contributed by atoms with Crippen molar-refractivity contribution < 1.29 is 56.4 Å². The third-order valence-corrected chi connectivity index (χ3v) is 0.439. The van der Waals surface area contributed by atoms with Crippen molar-refractivity contribution in [2.75, 3.05) is 6.54 Å². The molecule has 0 N–H and O–H groups in total. The standard InChI is InChI=1S/C3H4N3O2.K/c4-2-1-3-5-6(7)8;/h1,3H2;/q-1;+1. The van der Waals surface area contributed by atoms with Crippen LogP contribution in [0.5, 0.6) is 0 Å². The summed E-state index contributed by atoms with van der Waals surface area (Å²) in [5, 5.41) is 16.5. The summed E-state index contributed by atoms with van der Waals surface area (Å²) in [4.78, 5) is 9.40.